The normalized spacial score (nSPS) is 16.4. The maximum absolute atomic E-state index is 12.4. The van der Waals surface area contributed by atoms with Crippen LogP contribution in [0.25, 0.3) is 0 Å². The fourth-order valence-corrected chi connectivity index (χ4v) is 3.15. The van der Waals surface area contributed by atoms with E-state index in [0.29, 0.717) is 23.6 Å². The fraction of sp³-hybridized carbons (Fsp3) is 0.200. The lowest BCUT2D eigenvalue weighted by Gasteiger charge is -2.16. The van der Waals surface area contributed by atoms with Gasteiger partial charge in [0.1, 0.15) is 28.6 Å². The molecule has 0 saturated carbocycles. The van der Waals surface area contributed by atoms with Gasteiger partial charge in [-0.2, -0.15) is 0 Å². The molecular weight excluding hydrogens is 332 g/mol. The largest absolute Gasteiger partial charge is 0.507 e. The van der Waals surface area contributed by atoms with Gasteiger partial charge in [-0.1, -0.05) is 12.1 Å². The zero-order valence-corrected chi connectivity index (χ0v) is 14.4. The van der Waals surface area contributed by atoms with Crippen LogP contribution in [0.4, 0.5) is 11.4 Å². The van der Waals surface area contributed by atoms with Crippen LogP contribution in [0.15, 0.2) is 61.1 Å². The van der Waals surface area contributed by atoms with Crippen LogP contribution < -0.4 is 10.9 Å². The molecule has 26 heavy (non-hydrogen) atoms. The Morgan fingerprint density at radius 3 is 2.65 bits per heavy atom. The molecule has 0 fully saturated rings. The number of hydrogen-bond acceptors (Lipinski definition) is 6. The van der Waals surface area contributed by atoms with E-state index in [1.807, 2.05) is 43.3 Å². The number of hydrogen-bond donors (Lipinski definition) is 2. The molecule has 3 heterocycles. The molecule has 2 aromatic heterocycles. The molecule has 0 spiro atoms. The molecule has 3 aromatic rings. The molecule has 0 saturated heterocycles. The zero-order chi connectivity index (χ0) is 18.3. The van der Waals surface area contributed by atoms with Gasteiger partial charge in [0.2, 0.25) is 0 Å². The predicted molar refractivity (Wildman–Crippen MR) is 98.4 cm³/mol. The van der Waals surface area contributed by atoms with Crippen molar-refractivity contribution in [3.8, 4) is 5.75 Å². The highest BCUT2D eigenvalue weighted by Crippen LogP contribution is 2.36. The number of aliphatic imine (C=N–C) groups is 1. The summed E-state index contributed by atoms with van der Waals surface area (Å²) in [4.78, 5) is 17.0. The van der Waals surface area contributed by atoms with E-state index in [0.717, 1.165) is 17.2 Å². The summed E-state index contributed by atoms with van der Waals surface area (Å²) in [6.45, 7) is 3.49. The molecule has 6 heteroatoms. The molecule has 2 N–H and O–H groups in total. The molecule has 0 aliphatic carbocycles. The number of aryl methyl sites for hydroxylation is 2. The highest BCUT2D eigenvalue weighted by Gasteiger charge is 2.26. The second-order valence-corrected chi connectivity index (χ2v) is 6.33. The molecule has 0 amide bonds. The van der Waals surface area contributed by atoms with Gasteiger partial charge >= 0.3 is 5.63 Å². The molecule has 1 aromatic carbocycles. The lowest BCUT2D eigenvalue weighted by Crippen LogP contribution is -2.19. The molecule has 0 bridgehead atoms. The van der Waals surface area contributed by atoms with Gasteiger partial charge in [-0.3, -0.25) is 4.99 Å². The Morgan fingerprint density at radius 2 is 1.92 bits per heavy atom. The minimum Gasteiger partial charge on any atom is -0.507 e. The van der Waals surface area contributed by atoms with Gasteiger partial charge in [0.05, 0.1) is 23.1 Å². The summed E-state index contributed by atoms with van der Waals surface area (Å²) in [5.74, 6) is 1.76. The molecule has 4 rings (SSSR count). The first kappa shape index (κ1) is 16.2. The second kappa shape index (κ2) is 6.22. The first-order valence-corrected chi connectivity index (χ1v) is 8.35. The molecule has 1 atom stereocenters. The van der Waals surface area contributed by atoms with Crippen LogP contribution in [0.5, 0.6) is 5.75 Å². The van der Waals surface area contributed by atoms with Crippen LogP contribution >= 0.6 is 0 Å². The Bertz CT molecular complexity index is 1060. The van der Waals surface area contributed by atoms with Crippen molar-refractivity contribution in [3.05, 3.63) is 75.7 Å². The third kappa shape index (κ3) is 2.90. The van der Waals surface area contributed by atoms with Crippen molar-refractivity contribution in [1.82, 2.24) is 0 Å². The Labute approximate surface area is 149 Å². The van der Waals surface area contributed by atoms with Crippen LogP contribution in [0.3, 0.4) is 0 Å². The predicted octanol–water partition coefficient (Wildman–Crippen LogP) is 4.23. The van der Waals surface area contributed by atoms with Crippen LogP contribution in [0.2, 0.25) is 0 Å². The highest BCUT2D eigenvalue weighted by molar-refractivity contribution is 6.05. The van der Waals surface area contributed by atoms with E-state index >= 15 is 0 Å². The van der Waals surface area contributed by atoms with E-state index in [1.54, 1.807) is 6.92 Å². The Morgan fingerprint density at radius 1 is 1.12 bits per heavy atom. The van der Waals surface area contributed by atoms with Crippen molar-refractivity contribution in [2.24, 2.45) is 4.99 Å². The molecule has 1 aliphatic rings. The molecular formula is C20H18N2O4. The van der Waals surface area contributed by atoms with Crippen molar-refractivity contribution in [2.75, 3.05) is 5.32 Å². The quantitative estimate of drug-likeness (QED) is 0.722. The van der Waals surface area contributed by atoms with Gasteiger partial charge in [0.25, 0.3) is 0 Å². The Kier molecular flexibility index (Phi) is 3.88. The number of aromatic hydroxyl groups is 1. The van der Waals surface area contributed by atoms with Gasteiger partial charge in [0.15, 0.2) is 0 Å². The third-order valence-corrected chi connectivity index (χ3v) is 4.33. The van der Waals surface area contributed by atoms with Crippen LogP contribution in [-0.2, 0) is 0 Å². The number of anilines is 1. The number of benzene rings is 1. The third-order valence-electron chi connectivity index (χ3n) is 4.33. The summed E-state index contributed by atoms with van der Waals surface area (Å²) in [5, 5.41) is 13.8. The number of nitrogens with one attached hydrogen (secondary N) is 1. The SMILES string of the molecule is Cc1ccc([C@@H]2CC(c3c(O)cc(C)oc3=O)=Nc3ccccc3N2)o1. The molecule has 0 radical (unpaired) electrons. The summed E-state index contributed by atoms with van der Waals surface area (Å²) in [7, 11) is 0. The minimum absolute atomic E-state index is 0.0855. The van der Waals surface area contributed by atoms with Crippen molar-refractivity contribution in [1.29, 1.82) is 0 Å². The summed E-state index contributed by atoms with van der Waals surface area (Å²) in [5.41, 5.74) is 1.45. The number of para-hydroxylation sites is 2. The van der Waals surface area contributed by atoms with E-state index in [-0.39, 0.29) is 17.4 Å². The standard InChI is InChI=1S/C20H18N2O4/c1-11-7-8-18(25-11)15-10-16(19-17(23)9-12(2)26-20(19)24)22-14-6-4-3-5-13(14)21-15/h3-9,15,21,23H,10H2,1-2H3/t15-/m0/s1. The Balaban J connectivity index is 1.88. The summed E-state index contributed by atoms with van der Waals surface area (Å²) in [6.07, 6.45) is 0.364. The van der Waals surface area contributed by atoms with Gasteiger partial charge in [-0.05, 0) is 38.1 Å². The van der Waals surface area contributed by atoms with E-state index in [2.05, 4.69) is 10.3 Å². The summed E-state index contributed by atoms with van der Waals surface area (Å²) >= 11 is 0. The number of nitrogens with zero attached hydrogens (tertiary/aromatic N) is 1. The van der Waals surface area contributed by atoms with E-state index < -0.39 is 5.63 Å². The van der Waals surface area contributed by atoms with Crippen LogP contribution in [0.1, 0.15) is 35.3 Å². The summed E-state index contributed by atoms with van der Waals surface area (Å²) in [6, 6.07) is 12.5. The molecule has 0 unspecified atom stereocenters. The minimum atomic E-state index is -0.602. The van der Waals surface area contributed by atoms with Crippen molar-refractivity contribution < 1.29 is 13.9 Å². The van der Waals surface area contributed by atoms with E-state index in [4.69, 9.17) is 8.83 Å². The smallest absolute Gasteiger partial charge is 0.348 e. The lowest BCUT2D eigenvalue weighted by atomic mass is 10.0. The number of furan rings is 1. The van der Waals surface area contributed by atoms with Gasteiger partial charge in [-0.25, -0.2) is 4.79 Å². The topological polar surface area (TPSA) is 88.0 Å². The molecule has 6 nitrogen and oxygen atoms in total. The first-order chi connectivity index (χ1) is 12.5. The van der Waals surface area contributed by atoms with E-state index in [1.165, 1.54) is 6.07 Å². The maximum Gasteiger partial charge on any atom is 0.348 e. The van der Waals surface area contributed by atoms with Crippen molar-refractivity contribution >= 4 is 17.1 Å². The number of rotatable bonds is 2. The van der Waals surface area contributed by atoms with Crippen molar-refractivity contribution in [3.63, 3.8) is 0 Å². The monoisotopic (exact) mass is 350 g/mol. The van der Waals surface area contributed by atoms with Crippen molar-refractivity contribution in [2.45, 2.75) is 26.3 Å². The molecule has 1 aliphatic heterocycles. The fourth-order valence-electron chi connectivity index (χ4n) is 3.15. The first-order valence-electron chi connectivity index (χ1n) is 8.35. The average molecular weight is 350 g/mol. The second-order valence-electron chi connectivity index (χ2n) is 6.33. The lowest BCUT2D eigenvalue weighted by molar-refractivity contribution is 0.431. The van der Waals surface area contributed by atoms with Gasteiger partial charge in [-0.15, -0.1) is 0 Å². The molecule has 132 valence electrons. The van der Waals surface area contributed by atoms with Gasteiger partial charge in [0, 0.05) is 12.5 Å². The maximum atomic E-state index is 12.4. The highest BCUT2D eigenvalue weighted by atomic mass is 16.4. The summed E-state index contributed by atoms with van der Waals surface area (Å²) < 4.78 is 11.0. The van der Waals surface area contributed by atoms with Crippen LogP contribution in [-0.4, -0.2) is 10.8 Å². The zero-order valence-electron chi connectivity index (χ0n) is 14.4. The van der Waals surface area contributed by atoms with E-state index in [9.17, 15) is 9.90 Å². The van der Waals surface area contributed by atoms with Gasteiger partial charge < -0.3 is 19.3 Å². The average Bonchev–Trinajstić information content (AvgIpc) is 2.92. The number of fused-ring (bicyclic) bond motifs is 1. The Hall–Kier alpha value is -3.28. The van der Waals surface area contributed by atoms with Crippen LogP contribution in [0, 0.1) is 13.8 Å².